The van der Waals surface area contributed by atoms with E-state index in [1.54, 1.807) is 0 Å². The van der Waals surface area contributed by atoms with Crippen molar-refractivity contribution in [1.29, 1.82) is 0 Å². The first-order chi connectivity index (χ1) is 10.9. The number of methoxy groups -OCH3 is 1. The van der Waals surface area contributed by atoms with E-state index in [1.165, 1.54) is 13.8 Å². The lowest BCUT2D eigenvalue weighted by atomic mass is 9.85. The molecule has 0 bridgehead atoms. The summed E-state index contributed by atoms with van der Waals surface area (Å²) in [5.41, 5.74) is -4.74. The Morgan fingerprint density at radius 1 is 1.25 bits per heavy atom. The molecule has 1 aromatic rings. The second kappa shape index (κ2) is 7.42. The van der Waals surface area contributed by atoms with Gasteiger partial charge in [-0.1, -0.05) is 13.8 Å². The van der Waals surface area contributed by atoms with Crippen molar-refractivity contribution in [1.82, 2.24) is 4.98 Å². The minimum absolute atomic E-state index is 0.580. The van der Waals surface area contributed by atoms with Gasteiger partial charge in [0.25, 0.3) is 6.43 Å². The fourth-order valence-corrected chi connectivity index (χ4v) is 2.58. The van der Waals surface area contributed by atoms with Crippen LogP contribution < -0.4 is 0 Å². The van der Waals surface area contributed by atoms with Crippen molar-refractivity contribution in [3.05, 3.63) is 28.6 Å². The smallest absolute Gasteiger partial charge is 0.434 e. The molecule has 0 aliphatic carbocycles. The second-order valence-corrected chi connectivity index (χ2v) is 5.55. The van der Waals surface area contributed by atoms with Crippen LogP contribution in [0.15, 0.2) is 6.07 Å². The maximum Gasteiger partial charge on any atom is 0.434 e. The van der Waals surface area contributed by atoms with Gasteiger partial charge in [0.1, 0.15) is 5.69 Å². The van der Waals surface area contributed by atoms with Crippen LogP contribution in [0.4, 0.5) is 22.0 Å². The number of alkyl halides is 5. The molecule has 0 fully saturated rings. The lowest BCUT2D eigenvalue weighted by Crippen LogP contribution is -2.24. The molecule has 0 aromatic carbocycles. The Labute approximate surface area is 139 Å². The molecule has 1 unspecified atom stereocenters. The zero-order valence-electron chi connectivity index (χ0n) is 12.7. The number of carbonyl (C=O) groups is 2. The molecule has 0 radical (unpaired) electrons. The Morgan fingerprint density at radius 2 is 1.79 bits per heavy atom. The maximum atomic E-state index is 13.2. The third-order valence-corrected chi connectivity index (χ3v) is 3.43. The molecule has 4 nitrogen and oxygen atoms in total. The summed E-state index contributed by atoms with van der Waals surface area (Å²) in [6.07, 6.45) is -8.55. The summed E-state index contributed by atoms with van der Waals surface area (Å²) in [4.78, 5) is 26.3. The van der Waals surface area contributed by atoms with Crippen molar-refractivity contribution in [2.45, 2.75) is 32.4 Å². The standard InChI is InChI=1S/C14H13ClF5NO3/c1-5(2)8(11(15)22)6-4-7(12(16)17)21-10(14(18,19)20)9(6)13(23)24-3/h4-5,8,12H,1-3H3. The Bertz CT molecular complexity index is 646. The van der Waals surface area contributed by atoms with Gasteiger partial charge in [-0.2, -0.15) is 13.2 Å². The van der Waals surface area contributed by atoms with E-state index < -0.39 is 58.2 Å². The van der Waals surface area contributed by atoms with Crippen LogP contribution in [0.5, 0.6) is 0 Å². The third-order valence-electron chi connectivity index (χ3n) is 3.20. The summed E-state index contributed by atoms with van der Waals surface area (Å²) in [7, 11) is 0.820. The van der Waals surface area contributed by atoms with Crippen LogP contribution >= 0.6 is 11.6 Å². The normalized spacial score (nSPS) is 13.3. The van der Waals surface area contributed by atoms with E-state index in [2.05, 4.69) is 9.72 Å². The molecule has 1 rings (SSSR count). The van der Waals surface area contributed by atoms with Crippen molar-refractivity contribution in [3.8, 4) is 0 Å². The summed E-state index contributed by atoms with van der Waals surface area (Å²) in [6.45, 7) is 2.89. The molecule has 10 heteroatoms. The third kappa shape index (κ3) is 4.19. The van der Waals surface area contributed by atoms with Crippen molar-refractivity contribution in [2.75, 3.05) is 7.11 Å². The van der Waals surface area contributed by atoms with E-state index in [0.29, 0.717) is 6.07 Å². The lowest BCUT2D eigenvalue weighted by Gasteiger charge is -2.23. The summed E-state index contributed by atoms with van der Waals surface area (Å²) in [5.74, 6) is -3.52. The fraction of sp³-hybridized carbons (Fsp3) is 0.500. The van der Waals surface area contributed by atoms with Gasteiger partial charge in [0.15, 0.2) is 5.69 Å². The highest BCUT2D eigenvalue weighted by Gasteiger charge is 2.42. The fourth-order valence-electron chi connectivity index (χ4n) is 2.21. The lowest BCUT2D eigenvalue weighted by molar-refractivity contribution is -0.142. The molecular weight excluding hydrogens is 361 g/mol. The number of nitrogens with zero attached hydrogens (tertiary/aromatic N) is 1. The zero-order chi connectivity index (χ0) is 18.8. The molecule has 134 valence electrons. The number of hydrogen-bond acceptors (Lipinski definition) is 4. The molecule has 0 saturated carbocycles. The van der Waals surface area contributed by atoms with E-state index in [0.717, 1.165) is 7.11 Å². The van der Waals surface area contributed by atoms with Gasteiger partial charge in [-0.05, 0) is 29.1 Å². The van der Waals surface area contributed by atoms with Gasteiger partial charge >= 0.3 is 12.1 Å². The maximum absolute atomic E-state index is 13.2. The van der Waals surface area contributed by atoms with Gasteiger partial charge in [0.2, 0.25) is 5.24 Å². The number of hydrogen-bond donors (Lipinski definition) is 0. The number of rotatable bonds is 5. The van der Waals surface area contributed by atoms with Gasteiger partial charge < -0.3 is 4.74 Å². The predicted octanol–water partition coefficient (Wildman–Crippen LogP) is 4.33. The molecule has 1 aromatic heterocycles. The van der Waals surface area contributed by atoms with Gasteiger partial charge in [-0.25, -0.2) is 18.6 Å². The van der Waals surface area contributed by atoms with Crippen LogP contribution in [0.25, 0.3) is 0 Å². The van der Waals surface area contributed by atoms with E-state index in [1.807, 2.05) is 0 Å². The highest BCUT2D eigenvalue weighted by atomic mass is 35.5. The highest BCUT2D eigenvalue weighted by molar-refractivity contribution is 6.64. The molecule has 0 saturated heterocycles. The van der Waals surface area contributed by atoms with Gasteiger partial charge in [0, 0.05) is 0 Å². The van der Waals surface area contributed by atoms with Crippen LogP contribution in [0.1, 0.15) is 53.5 Å². The summed E-state index contributed by atoms with van der Waals surface area (Å²) in [6, 6.07) is 0.580. The number of halogens is 6. The Hall–Kier alpha value is -1.77. The largest absolute Gasteiger partial charge is 0.465 e. The van der Waals surface area contributed by atoms with Crippen molar-refractivity contribution < 1.29 is 36.3 Å². The molecule has 0 N–H and O–H groups in total. The highest BCUT2D eigenvalue weighted by Crippen LogP contribution is 2.39. The van der Waals surface area contributed by atoms with Gasteiger partial charge in [-0.3, -0.25) is 4.79 Å². The van der Waals surface area contributed by atoms with E-state index in [9.17, 15) is 31.5 Å². The summed E-state index contributed by atoms with van der Waals surface area (Å²) in [5, 5.41) is -1.09. The monoisotopic (exact) mass is 373 g/mol. The molecule has 1 atom stereocenters. The zero-order valence-corrected chi connectivity index (χ0v) is 13.5. The average Bonchev–Trinajstić information content (AvgIpc) is 2.43. The minimum Gasteiger partial charge on any atom is -0.465 e. The number of aromatic nitrogens is 1. The van der Waals surface area contributed by atoms with Gasteiger partial charge in [0.05, 0.1) is 18.6 Å². The molecule has 0 spiro atoms. The average molecular weight is 374 g/mol. The molecular formula is C14H13ClF5NO3. The first-order valence-electron chi connectivity index (χ1n) is 6.59. The van der Waals surface area contributed by atoms with E-state index in [4.69, 9.17) is 11.6 Å². The molecule has 0 amide bonds. The number of carbonyl (C=O) groups excluding carboxylic acids is 2. The molecule has 0 aliphatic heterocycles. The number of esters is 1. The van der Waals surface area contributed by atoms with Crippen LogP contribution in [-0.2, 0) is 15.7 Å². The first-order valence-corrected chi connectivity index (χ1v) is 6.97. The van der Waals surface area contributed by atoms with Crippen LogP contribution in [-0.4, -0.2) is 23.3 Å². The van der Waals surface area contributed by atoms with Crippen molar-refractivity contribution in [2.24, 2.45) is 5.92 Å². The molecule has 24 heavy (non-hydrogen) atoms. The second-order valence-electron chi connectivity index (χ2n) is 5.18. The Kier molecular flexibility index (Phi) is 6.26. The van der Waals surface area contributed by atoms with Crippen LogP contribution in [0.2, 0.25) is 0 Å². The Balaban J connectivity index is 3.92. The topological polar surface area (TPSA) is 56.3 Å². The van der Waals surface area contributed by atoms with Crippen molar-refractivity contribution in [3.63, 3.8) is 0 Å². The molecule has 0 aliphatic rings. The summed E-state index contributed by atoms with van der Waals surface area (Å²) < 4.78 is 69.8. The quantitative estimate of drug-likeness (QED) is 0.438. The van der Waals surface area contributed by atoms with Crippen LogP contribution in [0.3, 0.4) is 0 Å². The van der Waals surface area contributed by atoms with E-state index in [-0.39, 0.29) is 0 Å². The predicted molar refractivity (Wildman–Crippen MR) is 74.0 cm³/mol. The number of pyridine rings is 1. The Morgan fingerprint density at radius 3 is 2.12 bits per heavy atom. The number of ether oxygens (including phenoxy) is 1. The minimum atomic E-state index is -5.21. The SMILES string of the molecule is COC(=O)c1c(C(C(=O)Cl)C(C)C)cc(C(F)F)nc1C(F)(F)F. The molecule has 1 heterocycles. The van der Waals surface area contributed by atoms with E-state index >= 15 is 0 Å². The first kappa shape index (κ1) is 20.3. The summed E-state index contributed by atoms with van der Waals surface area (Å²) >= 11 is 5.41. The van der Waals surface area contributed by atoms with Crippen molar-refractivity contribution >= 4 is 22.8 Å². The van der Waals surface area contributed by atoms with Crippen LogP contribution in [0, 0.1) is 5.92 Å². The van der Waals surface area contributed by atoms with Gasteiger partial charge in [-0.15, -0.1) is 0 Å².